The van der Waals surface area contributed by atoms with E-state index in [1.54, 1.807) is 30.3 Å². The maximum atomic E-state index is 12.3. The van der Waals surface area contributed by atoms with Crippen LogP contribution in [0.4, 0.5) is 5.69 Å². The molecule has 25 heavy (non-hydrogen) atoms. The maximum absolute atomic E-state index is 12.3. The van der Waals surface area contributed by atoms with Gasteiger partial charge in [0.25, 0.3) is 5.91 Å². The minimum Gasteiger partial charge on any atom is -0.351 e. The van der Waals surface area contributed by atoms with Gasteiger partial charge in [0, 0.05) is 18.4 Å². The molecule has 2 aromatic rings. The SMILES string of the molecule is N#C/C(=C\c1ccn(C2CCCCC2)c1)C(=O)Nc1ccccc1Cl. The first-order chi connectivity index (χ1) is 12.2. The van der Waals surface area contributed by atoms with Gasteiger partial charge >= 0.3 is 0 Å². The van der Waals surface area contributed by atoms with Crippen LogP contribution in [0, 0.1) is 11.3 Å². The summed E-state index contributed by atoms with van der Waals surface area (Å²) in [4.78, 5) is 12.3. The Morgan fingerprint density at radius 1 is 1.24 bits per heavy atom. The Kier molecular flexibility index (Phi) is 5.57. The molecule has 0 radical (unpaired) electrons. The first kappa shape index (κ1) is 17.3. The molecule has 1 aromatic heterocycles. The molecule has 1 amide bonds. The van der Waals surface area contributed by atoms with Crippen LogP contribution in [-0.2, 0) is 4.79 Å². The lowest BCUT2D eigenvalue weighted by Gasteiger charge is -2.23. The third-order valence-corrected chi connectivity index (χ3v) is 4.86. The molecule has 0 unspecified atom stereocenters. The molecule has 1 N–H and O–H groups in total. The summed E-state index contributed by atoms with van der Waals surface area (Å²) in [7, 11) is 0. The third kappa shape index (κ3) is 4.32. The zero-order valence-corrected chi connectivity index (χ0v) is 14.7. The fourth-order valence-electron chi connectivity index (χ4n) is 3.19. The van der Waals surface area contributed by atoms with Gasteiger partial charge in [-0.1, -0.05) is 43.0 Å². The minimum atomic E-state index is -0.457. The highest BCUT2D eigenvalue weighted by molar-refractivity contribution is 6.34. The normalized spacial score (nSPS) is 15.6. The number of nitriles is 1. The van der Waals surface area contributed by atoms with Gasteiger partial charge in [-0.25, -0.2) is 0 Å². The molecular formula is C20H20ClN3O. The second-order valence-corrected chi connectivity index (χ2v) is 6.69. The molecular weight excluding hydrogens is 334 g/mol. The number of rotatable bonds is 4. The summed E-state index contributed by atoms with van der Waals surface area (Å²) in [5.41, 5.74) is 1.41. The van der Waals surface area contributed by atoms with E-state index in [1.807, 2.05) is 24.5 Å². The fraction of sp³-hybridized carbons (Fsp3) is 0.300. The number of aromatic nitrogens is 1. The van der Waals surface area contributed by atoms with Crippen molar-refractivity contribution in [1.82, 2.24) is 4.57 Å². The highest BCUT2D eigenvalue weighted by Gasteiger charge is 2.15. The molecule has 1 saturated carbocycles. The maximum Gasteiger partial charge on any atom is 0.266 e. The lowest BCUT2D eigenvalue weighted by molar-refractivity contribution is -0.112. The Bertz CT molecular complexity index is 825. The van der Waals surface area contributed by atoms with Crippen molar-refractivity contribution in [3.8, 4) is 6.07 Å². The standard InChI is InChI=1S/C20H20ClN3O/c21-18-8-4-5-9-19(18)23-20(25)16(13-22)12-15-10-11-24(14-15)17-6-2-1-3-7-17/h4-5,8-12,14,17H,1-3,6-7H2,(H,23,25)/b16-12+. The number of para-hydroxylation sites is 1. The number of benzene rings is 1. The average molecular weight is 354 g/mol. The predicted molar refractivity (Wildman–Crippen MR) is 100 cm³/mol. The zero-order chi connectivity index (χ0) is 17.6. The molecule has 5 heteroatoms. The topological polar surface area (TPSA) is 57.8 Å². The van der Waals surface area contributed by atoms with Crippen LogP contribution in [0.15, 0.2) is 48.3 Å². The van der Waals surface area contributed by atoms with Crippen LogP contribution >= 0.6 is 11.6 Å². The monoisotopic (exact) mass is 353 g/mol. The Morgan fingerprint density at radius 3 is 2.72 bits per heavy atom. The summed E-state index contributed by atoms with van der Waals surface area (Å²) < 4.78 is 2.20. The summed E-state index contributed by atoms with van der Waals surface area (Å²) in [6.07, 6.45) is 11.9. The van der Waals surface area contributed by atoms with E-state index in [9.17, 15) is 10.1 Å². The van der Waals surface area contributed by atoms with Gasteiger partial charge in [0.2, 0.25) is 0 Å². The zero-order valence-electron chi connectivity index (χ0n) is 13.9. The number of amides is 1. The molecule has 128 valence electrons. The van der Waals surface area contributed by atoms with Gasteiger partial charge in [-0.05, 0) is 42.7 Å². The van der Waals surface area contributed by atoms with Crippen molar-refractivity contribution in [1.29, 1.82) is 5.26 Å². The largest absolute Gasteiger partial charge is 0.351 e. The summed E-state index contributed by atoms with van der Waals surface area (Å²) in [6.45, 7) is 0. The van der Waals surface area contributed by atoms with Gasteiger partial charge in [-0.15, -0.1) is 0 Å². The number of carbonyl (C=O) groups is 1. The number of hydrogen-bond donors (Lipinski definition) is 1. The van der Waals surface area contributed by atoms with E-state index in [2.05, 4.69) is 9.88 Å². The van der Waals surface area contributed by atoms with Crippen LogP contribution in [0.1, 0.15) is 43.7 Å². The van der Waals surface area contributed by atoms with E-state index >= 15 is 0 Å². The minimum absolute atomic E-state index is 0.0568. The number of hydrogen-bond acceptors (Lipinski definition) is 2. The smallest absolute Gasteiger partial charge is 0.266 e. The highest BCUT2D eigenvalue weighted by Crippen LogP contribution is 2.29. The summed E-state index contributed by atoms with van der Waals surface area (Å²) >= 11 is 6.05. The van der Waals surface area contributed by atoms with E-state index in [4.69, 9.17) is 11.6 Å². The first-order valence-electron chi connectivity index (χ1n) is 8.52. The van der Waals surface area contributed by atoms with E-state index in [0.717, 1.165) is 5.56 Å². The van der Waals surface area contributed by atoms with Gasteiger partial charge in [-0.3, -0.25) is 4.79 Å². The Labute approximate surface area is 152 Å². The number of nitrogens with zero attached hydrogens (tertiary/aromatic N) is 2. The second kappa shape index (κ2) is 8.04. The molecule has 0 atom stereocenters. The summed E-state index contributed by atoms with van der Waals surface area (Å²) in [5.74, 6) is -0.457. The fourth-order valence-corrected chi connectivity index (χ4v) is 3.37. The van der Waals surface area contributed by atoms with E-state index < -0.39 is 5.91 Å². The molecule has 0 aliphatic heterocycles. The molecule has 0 saturated heterocycles. The van der Waals surface area contributed by atoms with Crippen molar-refractivity contribution >= 4 is 29.3 Å². The van der Waals surface area contributed by atoms with E-state index in [-0.39, 0.29) is 5.57 Å². The lowest BCUT2D eigenvalue weighted by atomic mass is 9.95. The average Bonchev–Trinajstić information content (AvgIpc) is 3.11. The number of halogens is 1. The van der Waals surface area contributed by atoms with Crippen LogP contribution in [-0.4, -0.2) is 10.5 Å². The number of anilines is 1. The summed E-state index contributed by atoms with van der Waals surface area (Å²) in [6, 6.07) is 11.4. The van der Waals surface area contributed by atoms with Crippen molar-refractivity contribution in [2.24, 2.45) is 0 Å². The van der Waals surface area contributed by atoms with Gasteiger partial charge in [-0.2, -0.15) is 5.26 Å². The van der Waals surface area contributed by atoms with E-state index in [1.165, 1.54) is 32.1 Å². The van der Waals surface area contributed by atoms with Gasteiger partial charge in [0.15, 0.2) is 0 Å². The second-order valence-electron chi connectivity index (χ2n) is 6.29. The van der Waals surface area contributed by atoms with Crippen LogP contribution in [0.2, 0.25) is 5.02 Å². The Balaban J connectivity index is 1.74. The summed E-state index contributed by atoms with van der Waals surface area (Å²) in [5, 5.41) is 12.5. The van der Waals surface area contributed by atoms with Crippen molar-refractivity contribution in [3.63, 3.8) is 0 Å². The Morgan fingerprint density at radius 2 is 2.00 bits per heavy atom. The molecule has 3 rings (SSSR count). The first-order valence-corrected chi connectivity index (χ1v) is 8.90. The molecule has 4 nitrogen and oxygen atoms in total. The number of carbonyl (C=O) groups excluding carboxylic acids is 1. The molecule has 1 heterocycles. The molecule has 1 aromatic carbocycles. The lowest BCUT2D eigenvalue weighted by Crippen LogP contribution is -2.13. The molecule has 0 spiro atoms. The van der Waals surface area contributed by atoms with Gasteiger partial charge in [0.05, 0.1) is 10.7 Å². The Hall–Kier alpha value is -2.51. The quantitative estimate of drug-likeness (QED) is 0.607. The van der Waals surface area contributed by atoms with Crippen molar-refractivity contribution < 1.29 is 4.79 Å². The predicted octanol–water partition coefficient (Wildman–Crippen LogP) is 5.19. The molecule has 1 aliphatic rings. The van der Waals surface area contributed by atoms with Gasteiger partial charge in [0.1, 0.15) is 11.6 Å². The van der Waals surface area contributed by atoms with Crippen molar-refractivity contribution in [3.05, 3.63) is 58.9 Å². The third-order valence-electron chi connectivity index (χ3n) is 4.53. The highest BCUT2D eigenvalue weighted by atomic mass is 35.5. The molecule has 0 bridgehead atoms. The van der Waals surface area contributed by atoms with E-state index in [0.29, 0.717) is 16.8 Å². The van der Waals surface area contributed by atoms with Crippen molar-refractivity contribution in [2.45, 2.75) is 38.1 Å². The van der Waals surface area contributed by atoms with Crippen LogP contribution in [0.25, 0.3) is 6.08 Å². The molecule has 1 aliphatic carbocycles. The number of nitrogens with one attached hydrogen (secondary N) is 1. The van der Waals surface area contributed by atoms with Gasteiger partial charge < -0.3 is 9.88 Å². The van der Waals surface area contributed by atoms with Crippen LogP contribution < -0.4 is 5.32 Å². The molecule has 1 fully saturated rings. The van der Waals surface area contributed by atoms with Crippen LogP contribution in [0.5, 0.6) is 0 Å². The van der Waals surface area contributed by atoms with Crippen LogP contribution in [0.3, 0.4) is 0 Å². The van der Waals surface area contributed by atoms with Crippen molar-refractivity contribution in [2.75, 3.05) is 5.32 Å².